The van der Waals surface area contributed by atoms with E-state index in [1.54, 1.807) is 0 Å². The summed E-state index contributed by atoms with van der Waals surface area (Å²) in [5.41, 5.74) is -0.930. The van der Waals surface area contributed by atoms with Crippen LogP contribution in [0.3, 0.4) is 0 Å². The molecule has 1 aromatic rings. The van der Waals surface area contributed by atoms with Gasteiger partial charge in [0.2, 0.25) is 5.91 Å². The zero-order valence-electron chi connectivity index (χ0n) is 11.8. The van der Waals surface area contributed by atoms with Crippen molar-refractivity contribution >= 4 is 17.3 Å². The third kappa shape index (κ3) is 3.36. The second-order valence-corrected chi connectivity index (χ2v) is 5.27. The molecule has 0 radical (unpaired) electrons. The minimum atomic E-state index is -0.747. The van der Waals surface area contributed by atoms with Crippen molar-refractivity contribution in [1.82, 2.24) is 5.32 Å². The highest BCUT2D eigenvalue weighted by Crippen LogP contribution is 2.27. The van der Waals surface area contributed by atoms with Gasteiger partial charge in [-0.15, -0.1) is 0 Å². The first-order chi connectivity index (χ1) is 9.97. The number of carbonyl (C=O) groups excluding carboxylic acids is 1. The Morgan fingerprint density at radius 3 is 2.86 bits per heavy atom. The second kappa shape index (κ2) is 6.17. The van der Waals surface area contributed by atoms with Gasteiger partial charge in [-0.3, -0.25) is 14.9 Å². The zero-order valence-corrected chi connectivity index (χ0v) is 11.8. The summed E-state index contributed by atoms with van der Waals surface area (Å²) in [5, 5.41) is 16.5. The lowest BCUT2D eigenvalue weighted by atomic mass is 9.91. The highest BCUT2D eigenvalue weighted by Gasteiger charge is 2.40. The molecule has 0 spiro atoms. The van der Waals surface area contributed by atoms with Crippen LogP contribution in [0, 0.1) is 15.9 Å². The Morgan fingerprint density at radius 2 is 2.29 bits per heavy atom. The third-order valence-corrected chi connectivity index (χ3v) is 3.71. The van der Waals surface area contributed by atoms with Crippen LogP contribution in [-0.2, 0) is 4.79 Å². The van der Waals surface area contributed by atoms with Crippen LogP contribution in [0.1, 0.15) is 32.6 Å². The minimum Gasteiger partial charge on any atom is -0.324 e. The van der Waals surface area contributed by atoms with Crippen LogP contribution < -0.4 is 10.6 Å². The molecule has 6 nitrogen and oxygen atoms in total. The second-order valence-electron chi connectivity index (χ2n) is 5.27. The van der Waals surface area contributed by atoms with Crippen molar-refractivity contribution < 1.29 is 14.1 Å². The van der Waals surface area contributed by atoms with Gasteiger partial charge >= 0.3 is 0 Å². The summed E-state index contributed by atoms with van der Waals surface area (Å²) in [6.07, 6.45) is 3.13. The van der Waals surface area contributed by atoms with Crippen molar-refractivity contribution in [2.75, 3.05) is 11.9 Å². The van der Waals surface area contributed by atoms with Gasteiger partial charge in [-0.2, -0.15) is 0 Å². The lowest BCUT2D eigenvalue weighted by molar-refractivity contribution is -0.385. The number of carbonyl (C=O) groups is 1. The summed E-state index contributed by atoms with van der Waals surface area (Å²) < 4.78 is 13.4. The predicted molar refractivity (Wildman–Crippen MR) is 76.6 cm³/mol. The van der Waals surface area contributed by atoms with Gasteiger partial charge in [-0.25, -0.2) is 4.39 Å². The minimum absolute atomic E-state index is 0.107. The number of hydrogen-bond acceptors (Lipinski definition) is 4. The molecule has 1 unspecified atom stereocenters. The van der Waals surface area contributed by atoms with E-state index in [4.69, 9.17) is 0 Å². The Labute approximate surface area is 121 Å². The molecular formula is C14H18FN3O3. The Hall–Kier alpha value is -2.02. The van der Waals surface area contributed by atoms with Gasteiger partial charge in [0, 0.05) is 6.07 Å². The van der Waals surface area contributed by atoms with Crippen LogP contribution in [0.5, 0.6) is 0 Å². The quantitative estimate of drug-likeness (QED) is 0.646. The molecule has 7 heteroatoms. The Balaban J connectivity index is 2.20. The number of nitro groups is 1. The number of benzene rings is 1. The van der Waals surface area contributed by atoms with E-state index in [2.05, 4.69) is 10.6 Å². The maximum Gasteiger partial charge on any atom is 0.274 e. The van der Waals surface area contributed by atoms with Crippen molar-refractivity contribution in [3.8, 4) is 0 Å². The van der Waals surface area contributed by atoms with E-state index in [0.717, 1.165) is 37.6 Å². The number of amides is 1. The molecule has 2 rings (SSSR count). The molecule has 0 aromatic heterocycles. The highest BCUT2D eigenvalue weighted by molar-refractivity contribution is 5.98. The Morgan fingerprint density at radius 1 is 1.52 bits per heavy atom. The molecule has 0 saturated carbocycles. The first kappa shape index (κ1) is 15.4. The normalized spacial score (nSPS) is 21.2. The van der Waals surface area contributed by atoms with Crippen molar-refractivity contribution in [3.63, 3.8) is 0 Å². The van der Waals surface area contributed by atoms with Crippen LogP contribution >= 0.6 is 0 Å². The van der Waals surface area contributed by atoms with Crippen LogP contribution in [0.2, 0.25) is 0 Å². The summed E-state index contributed by atoms with van der Waals surface area (Å²) in [6, 6.07) is 3.07. The molecular weight excluding hydrogens is 277 g/mol. The van der Waals surface area contributed by atoms with E-state index in [0.29, 0.717) is 12.8 Å². The smallest absolute Gasteiger partial charge is 0.274 e. The van der Waals surface area contributed by atoms with Crippen LogP contribution in [0.25, 0.3) is 0 Å². The van der Waals surface area contributed by atoms with Gasteiger partial charge in [0.25, 0.3) is 5.69 Å². The van der Waals surface area contributed by atoms with Crippen molar-refractivity contribution in [2.45, 2.75) is 38.1 Å². The molecule has 0 aliphatic carbocycles. The monoisotopic (exact) mass is 295 g/mol. The van der Waals surface area contributed by atoms with Crippen LogP contribution in [0.15, 0.2) is 18.2 Å². The number of rotatable bonds is 5. The number of nitro benzene ring substituents is 1. The number of anilines is 1. The molecule has 1 aliphatic rings. The molecule has 0 bridgehead atoms. The van der Waals surface area contributed by atoms with Gasteiger partial charge < -0.3 is 10.6 Å². The lowest BCUT2D eigenvalue weighted by Crippen LogP contribution is -2.50. The number of non-ortho nitro benzene ring substituents is 1. The van der Waals surface area contributed by atoms with Gasteiger partial charge in [-0.1, -0.05) is 13.3 Å². The molecule has 1 atom stereocenters. The summed E-state index contributed by atoms with van der Waals surface area (Å²) >= 11 is 0. The molecule has 1 aliphatic heterocycles. The molecule has 21 heavy (non-hydrogen) atoms. The molecule has 114 valence electrons. The molecule has 1 heterocycles. The fourth-order valence-corrected chi connectivity index (χ4v) is 2.76. The van der Waals surface area contributed by atoms with Crippen molar-refractivity contribution in [3.05, 3.63) is 34.1 Å². The fraction of sp³-hybridized carbons (Fsp3) is 0.500. The summed E-state index contributed by atoms with van der Waals surface area (Å²) in [6.45, 7) is 2.75. The third-order valence-electron chi connectivity index (χ3n) is 3.71. The van der Waals surface area contributed by atoms with Gasteiger partial charge in [0.15, 0.2) is 0 Å². The van der Waals surface area contributed by atoms with Gasteiger partial charge in [-0.05, 0) is 31.9 Å². The van der Waals surface area contributed by atoms with E-state index in [9.17, 15) is 19.3 Å². The number of halogens is 1. The average molecular weight is 295 g/mol. The van der Waals surface area contributed by atoms with Crippen LogP contribution in [-0.4, -0.2) is 22.9 Å². The highest BCUT2D eigenvalue weighted by atomic mass is 19.1. The van der Waals surface area contributed by atoms with Crippen molar-refractivity contribution in [2.24, 2.45) is 0 Å². The Kier molecular flexibility index (Phi) is 4.52. The molecule has 1 fully saturated rings. The van der Waals surface area contributed by atoms with E-state index in [-0.39, 0.29) is 17.3 Å². The van der Waals surface area contributed by atoms with E-state index in [1.807, 2.05) is 6.92 Å². The molecule has 1 aromatic carbocycles. The van der Waals surface area contributed by atoms with E-state index in [1.165, 1.54) is 0 Å². The standard InChI is InChI=1S/C14H18FN3O3/c1-2-4-14(5-3-6-16-14)13(19)17-11-7-10(15)8-12(9-11)18(20)21/h7-9,16H,2-6H2,1H3,(H,17,19). The van der Waals surface area contributed by atoms with E-state index >= 15 is 0 Å². The fourth-order valence-electron chi connectivity index (χ4n) is 2.76. The predicted octanol–water partition coefficient (Wildman–Crippen LogP) is 2.59. The number of nitrogens with one attached hydrogen (secondary N) is 2. The average Bonchev–Trinajstić information content (AvgIpc) is 2.88. The molecule has 1 saturated heterocycles. The largest absolute Gasteiger partial charge is 0.324 e. The number of nitrogens with zero attached hydrogens (tertiary/aromatic N) is 1. The van der Waals surface area contributed by atoms with Gasteiger partial charge in [0.1, 0.15) is 5.82 Å². The first-order valence-corrected chi connectivity index (χ1v) is 6.98. The van der Waals surface area contributed by atoms with Gasteiger partial charge in [0.05, 0.1) is 22.2 Å². The van der Waals surface area contributed by atoms with E-state index < -0.39 is 16.3 Å². The summed E-state index contributed by atoms with van der Waals surface area (Å²) in [4.78, 5) is 22.5. The molecule has 1 amide bonds. The SMILES string of the molecule is CCCC1(C(=O)Nc2cc(F)cc([N+](=O)[O-])c2)CCCN1. The maximum absolute atomic E-state index is 13.4. The Bertz CT molecular complexity index is 556. The zero-order chi connectivity index (χ0) is 15.5. The summed E-state index contributed by atoms with van der Waals surface area (Å²) in [5.74, 6) is -1.01. The maximum atomic E-state index is 13.4. The topological polar surface area (TPSA) is 84.3 Å². The number of hydrogen-bond donors (Lipinski definition) is 2. The lowest BCUT2D eigenvalue weighted by Gasteiger charge is -2.27. The first-order valence-electron chi connectivity index (χ1n) is 6.98. The van der Waals surface area contributed by atoms with Crippen LogP contribution in [0.4, 0.5) is 15.8 Å². The molecule has 2 N–H and O–H groups in total. The summed E-state index contributed by atoms with van der Waals surface area (Å²) in [7, 11) is 0. The van der Waals surface area contributed by atoms with Crippen molar-refractivity contribution in [1.29, 1.82) is 0 Å².